The molecule has 1 fully saturated rings. The Kier molecular flexibility index (Phi) is 3.91. The molecule has 2 nitrogen and oxygen atoms in total. The van der Waals surface area contributed by atoms with Crippen molar-refractivity contribution in [3.8, 4) is 0 Å². The van der Waals surface area contributed by atoms with E-state index in [1.165, 1.54) is 6.07 Å². The van der Waals surface area contributed by atoms with Crippen LogP contribution in [0.4, 0.5) is 4.39 Å². The molecule has 0 amide bonds. The van der Waals surface area contributed by atoms with Crippen LogP contribution in [0.2, 0.25) is 0 Å². The Bertz CT molecular complexity index is 342. The Morgan fingerprint density at radius 2 is 2.12 bits per heavy atom. The molecule has 2 unspecified atom stereocenters. The molecule has 2 rings (SSSR count). The highest BCUT2D eigenvalue weighted by Crippen LogP contribution is 2.24. The molecule has 1 saturated carbocycles. The van der Waals surface area contributed by atoms with Gasteiger partial charge in [-0.05, 0) is 37.8 Å². The van der Waals surface area contributed by atoms with Crippen LogP contribution in [0.25, 0.3) is 0 Å². The van der Waals surface area contributed by atoms with Crippen LogP contribution in [-0.2, 0) is 6.54 Å². The second kappa shape index (κ2) is 5.41. The van der Waals surface area contributed by atoms with E-state index in [4.69, 9.17) is 0 Å². The van der Waals surface area contributed by atoms with E-state index >= 15 is 0 Å². The first-order valence-electron chi connectivity index (χ1n) is 5.88. The molecule has 0 aromatic heterocycles. The summed E-state index contributed by atoms with van der Waals surface area (Å²) >= 11 is 0. The van der Waals surface area contributed by atoms with Gasteiger partial charge in [0.05, 0.1) is 6.10 Å². The van der Waals surface area contributed by atoms with Crippen LogP contribution in [0.5, 0.6) is 0 Å². The van der Waals surface area contributed by atoms with Crippen LogP contribution in [0, 0.1) is 11.7 Å². The molecule has 0 spiro atoms. The van der Waals surface area contributed by atoms with Gasteiger partial charge in [-0.1, -0.05) is 18.2 Å². The lowest BCUT2D eigenvalue weighted by molar-refractivity contribution is 0.177. The van der Waals surface area contributed by atoms with Gasteiger partial charge < -0.3 is 10.4 Å². The van der Waals surface area contributed by atoms with Gasteiger partial charge >= 0.3 is 0 Å². The first-order valence-corrected chi connectivity index (χ1v) is 5.88. The minimum atomic E-state index is -0.151. The van der Waals surface area contributed by atoms with Crippen molar-refractivity contribution in [1.29, 1.82) is 0 Å². The zero-order valence-corrected chi connectivity index (χ0v) is 9.32. The first kappa shape index (κ1) is 11.6. The van der Waals surface area contributed by atoms with Crippen LogP contribution in [0.15, 0.2) is 24.3 Å². The van der Waals surface area contributed by atoms with E-state index in [1.54, 1.807) is 12.1 Å². The standard InChI is InChI=1S/C13H18FNO/c14-13-4-2-1-3-11(13)9-15-8-10-5-6-12(16)7-10/h1-4,10,12,15-16H,5-9H2. The Morgan fingerprint density at radius 3 is 2.81 bits per heavy atom. The van der Waals surface area contributed by atoms with Crippen LogP contribution < -0.4 is 5.32 Å². The van der Waals surface area contributed by atoms with Gasteiger partial charge in [0.2, 0.25) is 0 Å². The second-order valence-corrected chi connectivity index (χ2v) is 4.56. The zero-order valence-electron chi connectivity index (χ0n) is 9.32. The predicted octanol–water partition coefficient (Wildman–Crippen LogP) is 2.08. The van der Waals surface area contributed by atoms with Crippen molar-refractivity contribution in [3.63, 3.8) is 0 Å². The van der Waals surface area contributed by atoms with E-state index in [-0.39, 0.29) is 11.9 Å². The number of aliphatic hydroxyl groups excluding tert-OH is 1. The third-order valence-electron chi connectivity index (χ3n) is 3.22. The van der Waals surface area contributed by atoms with Crippen molar-refractivity contribution in [2.24, 2.45) is 5.92 Å². The highest BCUT2D eigenvalue weighted by Gasteiger charge is 2.22. The summed E-state index contributed by atoms with van der Waals surface area (Å²) in [5, 5.41) is 12.6. The SMILES string of the molecule is OC1CCC(CNCc2ccccc2F)C1. The third-order valence-corrected chi connectivity index (χ3v) is 3.22. The molecule has 1 aromatic rings. The molecule has 1 aromatic carbocycles. The summed E-state index contributed by atoms with van der Waals surface area (Å²) in [6, 6.07) is 6.83. The van der Waals surface area contributed by atoms with Gasteiger partial charge in [-0.2, -0.15) is 0 Å². The second-order valence-electron chi connectivity index (χ2n) is 4.56. The van der Waals surface area contributed by atoms with Gasteiger partial charge in [0.15, 0.2) is 0 Å². The Labute approximate surface area is 95.5 Å². The maximum Gasteiger partial charge on any atom is 0.127 e. The number of hydrogen-bond acceptors (Lipinski definition) is 2. The first-order chi connectivity index (χ1) is 7.75. The summed E-state index contributed by atoms with van der Waals surface area (Å²) < 4.78 is 13.3. The number of rotatable bonds is 4. The van der Waals surface area contributed by atoms with Crippen molar-refractivity contribution in [3.05, 3.63) is 35.6 Å². The van der Waals surface area contributed by atoms with Crippen molar-refractivity contribution in [2.75, 3.05) is 6.54 Å². The zero-order chi connectivity index (χ0) is 11.4. The molecule has 0 radical (unpaired) electrons. The molecular weight excluding hydrogens is 205 g/mol. The Morgan fingerprint density at radius 1 is 1.31 bits per heavy atom. The average Bonchev–Trinajstić information content (AvgIpc) is 2.67. The Balaban J connectivity index is 1.74. The summed E-state index contributed by atoms with van der Waals surface area (Å²) in [6.07, 6.45) is 2.74. The maximum atomic E-state index is 13.3. The molecular formula is C13H18FNO. The molecule has 88 valence electrons. The molecule has 0 heterocycles. The van der Waals surface area contributed by atoms with Gasteiger partial charge in [-0.25, -0.2) is 4.39 Å². The molecule has 3 heteroatoms. The molecule has 2 atom stereocenters. The van der Waals surface area contributed by atoms with Crippen molar-refractivity contribution >= 4 is 0 Å². The highest BCUT2D eigenvalue weighted by atomic mass is 19.1. The molecule has 1 aliphatic rings. The quantitative estimate of drug-likeness (QED) is 0.819. The fourth-order valence-electron chi connectivity index (χ4n) is 2.29. The molecule has 0 saturated heterocycles. The number of aliphatic hydroxyl groups is 1. The lowest BCUT2D eigenvalue weighted by Crippen LogP contribution is -2.21. The Hall–Kier alpha value is -0.930. The summed E-state index contributed by atoms with van der Waals surface area (Å²) in [5.41, 5.74) is 0.709. The van der Waals surface area contributed by atoms with Crippen LogP contribution >= 0.6 is 0 Å². The molecule has 16 heavy (non-hydrogen) atoms. The van der Waals surface area contributed by atoms with E-state index in [0.29, 0.717) is 18.0 Å². The van der Waals surface area contributed by atoms with E-state index < -0.39 is 0 Å². The minimum Gasteiger partial charge on any atom is -0.393 e. The lowest BCUT2D eigenvalue weighted by atomic mass is 10.1. The third kappa shape index (κ3) is 3.03. The van der Waals surface area contributed by atoms with E-state index in [0.717, 1.165) is 25.8 Å². The average molecular weight is 223 g/mol. The van der Waals surface area contributed by atoms with Gasteiger partial charge in [-0.3, -0.25) is 0 Å². The summed E-state index contributed by atoms with van der Waals surface area (Å²) in [6.45, 7) is 1.44. The predicted molar refractivity (Wildman–Crippen MR) is 61.5 cm³/mol. The normalized spacial score (nSPS) is 24.9. The van der Waals surface area contributed by atoms with Crippen LogP contribution in [0.1, 0.15) is 24.8 Å². The number of halogens is 1. The maximum absolute atomic E-state index is 13.3. The smallest absolute Gasteiger partial charge is 0.127 e. The van der Waals surface area contributed by atoms with Crippen molar-refractivity contribution in [2.45, 2.75) is 31.9 Å². The fourth-order valence-corrected chi connectivity index (χ4v) is 2.29. The highest BCUT2D eigenvalue weighted by molar-refractivity contribution is 5.16. The van der Waals surface area contributed by atoms with Gasteiger partial charge in [0.1, 0.15) is 5.82 Å². The minimum absolute atomic E-state index is 0.125. The summed E-state index contributed by atoms with van der Waals surface area (Å²) in [4.78, 5) is 0. The monoisotopic (exact) mass is 223 g/mol. The molecule has 2 N–H and O–H groups in total. The van der Waals surface area contributed by atoms with E-state index in [1.807, 2.05) is 6.07 Å². The number of hydrogen-bond donors (Lipinski definition) is 2. The van der Waals surface area contributed by atoms with Crippen molar-refractivity contribution in [1.82, 2.24) is 5.32 Å². The molecule has 1 aliphatic carbocycles. The molecule has 0 aliphatic heterocycles. The topological polar surface area (TPSA) is 32.3 Å². The van der Waals surface area contributed by atoms with Gasteiger partial charge in [-0.15, -0.1) is 0 Å². The van der Waals surface area contributed by atoms with Crippen LogP contribution in [-0.4, -0.2) is 17.8 Å². The van der Waals surface area contributed by atoms with E-state index in [9.17, 15) is 9.50 Å². The van der Waals surface area contributed by atoms with E-state index in [2.05, 4.69) is 5.32 Å². The van der Waals surface area contributed by atoms with Crippen LogP contribution in [0.3, 0.4) is 0 Å². The number of nitrogens with one attached hydrogen (secondary N) is 1. The summed E-state index contributed by atoms with van der Waals surface area (Å²) in [5.74, 6) is 0.392. The largest absolute Gasteiger partial charge is 0.393 e. The summed E-state index contributed by atoms with van der Waals surface area (Å²) in [7, 11) is 0. The molecule has 0 bridgehead atoms. The van der Waals surface area contributed by atoms with Gasteiger partial charge in [0.25, 0.3) is 0 Å². The van der Waals surface area contributed by atoms with Gasteiger partial charge in [0, 0.05) is 12.1 Å². The number of benzene rings is 1. The fraction of sp³-hybridized carbons (Fsp3) is 0.538. The lowest BCUT2D eigenvalue weighted by Gasteiger charge is -2.11. The van der Waals surface area contributed by atoms with Crippen molar-refractivity contribution < 1.29 is 9.50 Å².